The first-order valence-electron chi connectivity index (χ1n) is 4.79. The summed E-state index contributed by atoms with van der Waals surface area (Å²) in [4.78, 5) is 14.2. The Morgan fingerprint density at radius 3 is 2.35 bits per heavy atom. The Kier molecular flexibility index (Phi) is 3.30. The van der Waals surface area contributed by atoms with Crippen molar-refractivity contribution < 1.29 is 23.1 Å². The van der Waals surface area contributed by atoms with Crippen LogP contribution in [0.4, 0.5) is 18.9 Å². The first-order chi connectivity index (χ1) is 7.70. The third-order valence-corrected chi connectivity index (χ3v) is 2.37. The van der Waals surface area contributed by atoms with Gasteiger partial charge in [0.15, 0.2) is 5.69 Å². The number of alkyl halides is 3. The molecule has 0 fully saturated rings. The van der Waals surface area contributed by atoms with Crippen molar-refractivity contribution in [2.45, 2.75) is 26.4 Å². The van der Waals surface area contributed by atoms with Crippen LogP contribution in [-0.2, 0) is 12.6 Å². The number of halogens is 3. The van der Waals surface area contributed by atoms with E-state index < -0.39 is 23.4 Å². The maximum atomic E-state index is 12.7. The largest absolute Gasteiger partial charge is 0.478 e. The third-order valence-electron chi connectivity index (χ3n) is 2.37. The fraction of sp³-hybridized carbons (Fsp3) is 0.400. The minimum absolute atomic E-state index is 0.00194. The van der Waals surface area contributed by atoms with Crippen LogP contribution in [-0.4, -0.2) is 16.1 Å². The van der Waals surface area contributed by atoms with E-state index in [2.05, 4.69) is 4.98 Å². The summed E-state index contributed by atoms with van der Waals surface area (Å²) in [6.07, 6.45) is -4.71. The highest BCUT2D eigenvalue weighted by atomic mass is 19.4. The second kappa shape index (κ2) is 4.23. The summed E-state index contributed by atoms with van der Waals surface area (Å²) in [5, 5.41) is 8.86. The Morgan fingerprint density at radius 2 is 2.00 bits per heavy atom. The molecule has 0 aromatic carbocycles. The Labute approximate surface area is 95.3 Å². The molecule has 0 unspecified atom stereocenters. The van der Waals surface area contributed by atoms with Crippen LogP contribution in [0.5, 0.6) is 0 Å². The van der Waals surface area contributed by atoms with E-state index in [0.717, 1.165) is 0 Å². The monoisotopic (exact) mass is 248 g/mol. The molecule has 0 radical (unpaired) electrons. The molecule has 1 aromatic heterocycles. The van der Waals surface area contributed by atoms with Crippen LogP contribution in [0.2, 0.25) is 0 Å². The third kappa shape index (κ3) is 2.32. The zero-order valence-electron chi connectivity index (χ0n) is 9.22. The predicted octanol–water partition coefficient (Wildman–Crippen LogP) is 2.25. The van der Waals surface area contributed by atoms with Crippen molar-refractivity contribution in [1.29, 1.82) is 0 Å². The molecular formula is C10H11F3N2O2. The SMILES string of the molecule is CCc1c(N)c(C)nc(C(F)(F)F)c1C(=O)O. The van der Waals surface area contributed by atoms with Crippen molar-refractivity contribution in [3.8, 4) is 0 Å². The van der Waals surface area contributed by atoms with E-state index in [1.54, 1.807) is 0 Å². The molecule has 17 heavy (non-hydrogen) atoms. The first-order valence-corrected chi connectivity index (χ1v) is 4.79. The summed E-state index contributed by atoms with van der Waals surface area (Å²) < 4.78 is 38.0. The average Bonchev–Trinajstić information content (AvgIpc) is 2.19. The minimum atomic E-state index is -4.81. The number of aromatic nitrogens is 1. The van der Waals surface area contributed by atoms with Crippen molar-refractivity contribution >= 4 is 11.7 Å². The number of nitrogens with two attached hydrogens (primary N) is 1. The molecule has 0 spiro atoms. The quantitative estimate of drug-likeness (QED) is 0.841. The smallest absolute Gasteiger partial charge is 0.434 e. The second-order valence-corrected chi connectivity index (χ2v) is 3.47. The van der Waals surface area contributed by atoms with Crippen molar-refractivity contribution in [2.75, 3.05) is 5.73 Å². The molecule has 0 bridgehead atoms. The highest BCUT2D eigenvalue weighted by Gasteiger charge is 2.39. The van der Waals surface area contributed by atoms with Crippen molar-refractivity contribution in [3.05, 3.63) is 22.5 Å². The van der Waals surface area contributed by atoms with E-state index in [1.807, 2.05) is 0 Å². The fourth-order valence-corrected chi connectivity index (χ4v) is 1.58. The number of hydrogen-bond donors (Lipinski definition) is 2. The lowest BCUT2D eigenvalue weighted by molar-refractivity contribution is -0.141. The van der Waals surface area contributed by atoms with E-state index in [-0.39, 0.29) is 23.4 Å². The number of nitrogen functional groups attached to an aromatic ring is 1. The minimum Gasteiger partial charge on any atom is -0.478 e. The summed E-state index contributed by atoms with van der Waals surface area (Å²) in [6.45, 7) is 2.85. The normalized spacial score (nSPS) is 11.6. The molecule has 3 N–H and O–H groups in total. The van der Waals surface area contributed by atoms with Gasteiger partial charge in [-0.05, 0) is 18.9 Å². The van der Waals surface area contributed by atoms with Crippen molar-refractivity contribution in [1.82, 2.24) is 4.98 Å². The number of carbonyl (C=O) groups is 1. The summed E-state index contributed by atoms with van der Waals surface area (Å²) in [6, 6.07) is 0. The van der Waals surface area contributed by atoms with Crippen molar-refractivity contribution in [3.63, 3.8) is 0 Å². The molecule has 94 valence electrons. The Bertz CT molecular complexity index is 470. The number of hydrogen-bond acceptors (Lipinski definition) is 3. The maximum absolute atomic E-state index is 12.7. The Hall–Kier alpha value is -1.79. The van der Waals surface area contributed by atoms with Gasteiger partial charge in [0.2, 0.25) is 0 Å². The van der Waals surface area contributed by atoms with E-state index >= 15 is 0 Å². The summed E-state index contributed by atoms with van der Waals surface area (Å²) in [5.41, 5.74) is 3.25. The molecule has 7 heteroatoms. The Balaban J connectivity index is 3.72. The van der Waals surface area contributed by atoms with Gasteiger partial charge in [-0.1, -0.05) is 6.92 Å². The number of aryl methyl sites for hydroxylation is 1. The van der Waals surface area contributed by atoms with Crippen molar-refractivity contribution in [2.24, 2.45) is 0 Å². The van der Waals surface area contributed by atoms with Crippen LogP contribution in [0, 0.1) is 6.92 Å². The Morgan fingerprint density at radius 1 is 1.47 bits per heavy atom. The highest BCUT2D eigenvalue weighted by molar-refractivity contribution is 5.92. The molecule has 0 saturated carbocycles. The number of rotatable bonds is 2. The maximum Gasteiger partial charge on any atom is 0.434 e. The van der Waals surface area contributed by atoms with E-state index in [1.165, 1.54) is 13.8 Å². The molecular weight excluding hydrogens is 237 g/mol. The van der Waals surface area contributed by atoms with Gasteiger partial charge in [0, 0.05) is 0 Å². The zero-order valence-corrected chi connectivity index (χ0v) is 9.22. The highest BCUT2D eigenvalue weighted by Crippen LogP contribution is 2.34. The van der Waals surface area contributed by atoms with Gasteiger partial charge in [0.25, 0.3) is 0 Å². The van der Waals surface area contributed by atoms with E-state index in [9.17, 15) is 18.0 Å². The summed E-state index contributed by atoms with van der Waals surface area (Å²) in [5.74, 6) is -1.67. The summed E-state index contributed by atoms with van der Waals surface area (Å²) >= 11 is 0. The molecule has 1 aromatic rings. The molecule has 0 amide bonds. The molecule has 4 nitrogen and oxygen atoms in total. The van der Waals surface area contributed by atoms with Gasteiger partial charge < -0.3 is 10.8 Å². The molecule has 0 aliphatic rings. The van der Waals surface area contributed by atoms with Gasteiger partial charge in [0.05, 0.1) is 16.9 Å². The number of pyridine rings is 1. The van der Waals surface area contributed by atoms with E-state index in [4.69, 9.17) is 10.8 Å². The number of carboxylic acid groups (broad SMARTS) is 1. The lowest BCUT2D eigenvalue weighted by Crippen LogP contribution is -2.20. The lowest BCUT2D eigenvalue weighted by atomic mass is 10.0. The van der Waals surface area contributed by atoms with Gasteiger partial charge in [-0.2, -0.15) is 13.2 Å². The van der Waals surface area contributed by atoms with Gasteiger partial charge in [-0.15, -0.1) is 0 Å². The number of nitrogens with zero attached hydrogens (tertiary/aromatic N) is 1. The van der Waals surface area contributed by atoms with Gasteiger partial charge in [0.1, 0.15) is 0 Å². The molecule has 0 aliphatic carbocycles. The van der Waals surface area contributed by atoms with Crippen LogP contribution in [0.3, 0.4) is 0 Å². The summed E-state index contributed by atoms with van der Waals surface area (Å²) in [7, 11) is 0. The molecule has 0 saturated heterocycles. The number of aromatic carboxylic acids is 1. The van der Waals surface area contributed by atoms with Crippen LogP contribution in [0.15, 0.2) is 0 Å². The standard InChI is InChI=1S/C10H11F3N2O2/c1-3-5-6(9(16)17)8(10(11,12)13)15-4(2)7(5)14/h3,14H2,1-2H3,(H,16,17). The molecule has 1 rings (SSSR count). The van der Waals surface area contributed by atoms with Gasteiger partial charge >= 0.3 is 12.1 Å². The zero-order chi connectivity index (χ0) is 13.4. The topological polar surface area (TPSA) is 76.2 Å². The fourth-order valence-electron chi connectivity index (χ4n) is 1.58. The van der Waals surface area contributed by atoms with Crippen LogP contribution < -0.4 is 5.73 Å². The van der Waals surface area contributed by atoms with Crippen LogP contribution in [0.1, 0.15) is 34.2 Å². The number of carboxylic acids is 1. The van der Waals surface area contributed by atoms with Crippen LogP contribution in [0.25, 0.3) is 0 Å². The second-order valence-electron chi connectivity index (χ2n) is 3.47. The molecule has 0 atom stereocenters. The first kappa shape index (κ1) is 13.3. The van der Waals surface area contributed by atoms with Gasteiger partial charge in [-0.25, -0.2) is 9.78 Å². The van der Waals surface area contributed by atoms with E-state index in [0.29, 0.717) is 0 Å². The average molecular weight is 248 g/mol. The number of anilines is 1. The van der Waals surface area contributed by atoms with Crippen LogP contribution >= 0.6 is 0 Å². The predicted molar refractivity (Wildman–Crippen MR) is 54.7 cm³/mol. The van der Waals surface area contributed by atoms with Gasteiger partial charge in [-0.3, -0.25) is 0 Å². The lowest BCUT2D eigenvalue weighted by Gasteiger charge is -2.16. The molecule has 1 heterocycles. The molecule has 0 aliphatic heterocycles.